The summed E-state index contributed by atoms with van der Waals surface area (Å²) in [6.07, 6.45) is 2.36. The maximum Gasteiger partial charge on any atom is 0.257 e. The molecule has 0 spiro atoms. The lowest BCUT2D eigenvalue weighted by Gasteiger charge is -2.22. The van der Waals surface area contributed by atoms with Crippen LogP contribution in [0.15, 0.2) is 18.2 Å². The maximum atomic E-state index is 12.2. The van der Waals surface area contributed by atoms with Crippen LogP contribution in [-0.2, 0) is 0 Å². The third-order valence-corrected chi connectivity index (χ3v) is 2.83. The number of rotatable bonds is 4. The molecule has 1 aliphatic rings. The van der Waals surface area contributed by atoms with Crippen molar-refractivity contribution < 1.29 is 14.3 Å². The van der Waals surface area contributed by atoms with Gasteiger partial charge in [-0.3, -0.25) is 4.79 Å². The minimum Gasteiger partial charge on any atom is -0.489 e. The summed E-state index contributed by atoms with van der Waals surface area (Å²) in [6.45, 7) is 5.98. The Morgan fingerprint density at radius 1 is 1.25 bits per heavy atom. The molecule has 0 radical (unpaired) electrons. The van der Waals surface area contributed by atoms with E-state index in [0.29, 0.717) is 11.3 Å². The molecule has 0 saturated heterocycles. The van der Waals surface area contributed by atoms with E-state index < -0.39 is 0 Å². The zero-order chi connectivity index (χ0) is 14.9. The summed E-state index contributed by atoms with van der Waals surface area (Å²) in [5.41, 5.74) is 0.312. The van der Waals surface area contributed by atoms with Gasteiger partial charge < -0.3 is 14.4 Å². The Balaban J connectivity index is 2.29. The van der Waals surface area contributed by atoms with Crippen LogP contribution in [0.5, 0.6) is 11.5 Å². The Hall–Kier alpha value is -1.71. The fourth-order valence-electron chi connectivity index (χ4n) is 1.80. The summed E-state index contributed by atoms with van der Waals surface area (Å²) in [4.78, 5) is 13.7. The first kappa shape index (κ1) is 14.7. The molecular formula is C16H23NO3. The molecule has 0 bridgehead atoms. The van der Waals surface area contributed by atoms with Crippen LogP contribution in [0.2, 0.25) is 0 Å². The van der Waals surface area contributed by atoms with Gasteiger partial charge in [0.15, 0.2) is 0 Å². The highest BCUT2D eigenvalue weighted by Crippen LogP contribution is 2.33. The van der Waals surface area contributed by atoms with E-state index in [1.807, 2.05) is 32.9 Å². The van der Waals surface area contributed by atoms with Crippen molar-refractivity contribution in [3.8, 4) is 11.5 Å². The van der Waals surface area contributed by atoms with Crippen molar-refractivity contribution in [1.29, 1.82) is 0 Å². The zero-order valence-corrected chi connectivity index (χ0v) is 12.9. The predicted octanol–water partition coefficient (Wildman–Crippen LogP) is 3.11. The smallest absolute Gasteiger partial charge is 0.257 e. The molecule has 1 aliphatic carbocycles. The standard InChI is InChI=1S/C16H23NO3/c1-16(2,3)20-12-8-9-13(15(18)17(4)5)14(10-12)19-11-6-7-11/h8-11H,6-7H2,1-5H3. The molecule has 2 rings (SSSR count). The van der Waals surface area contributed by atoms with E-state index in [9.17, 15) is 4.79 Å². The summed E-state index contributed by atoms with van der Waals surface area (Å²) in [7, 11) is 3.48. The molecule has 1 aromatic carbocycles. The average Bonchev–Trinajstić information content (AvgIpc) is 3.10. The molecule has 1 fully saturated rings. The Bertz CT molecular complexity index is 499. The van der Waals surface area contributed by atoms with Crippen molar-refractivity contribution in [1.82, 2.24) is 4.90 Å². The maximum absolute atomic E-state index is 12.2. The van der Waals surface area contributed by atoms with Crippen LogP contribution in [0.3, 0.4) is 0 Å². The fraction of sp³-hybridized carbons (Fsp3) is 0.562. The van der Waals surface area contributed by atoms with E-state index in [0.717, 1.165) is 18.6 Å². The van der Waals surface area contributed by atoms with Crippen LogP contribution in [0.25, 0.3) is 0 Å². The molecule has 1 amide bonds. The second-order valence-electron chi connectivity index (χ2n) is 6.39. The molecular weight excluding hydrogens is 254 g/mol. The van der Waals surface area contributed by atoms with Crippen molar-refractivity contribution in [3.05, 3.63) is 23.8 Å². The summed E-state index contributed by atoms with van der Waals surface area (Å²) in [5.74, 6) is 1.29. The lowest BCUT2D eigenvalue weighted by molar-refractivity contribution is 0.0822. The van der Waals surface area contributed by atoms with E-state index in [1.165, 1.54) is 0 Å². The van der Waals surface area contributed by atoms with Gasteiger partial charge in [-0.15, -0.1) is 0 Å². The molecule has 4 nitrogen and oxygen atoms in total. The van der Waals surface area contributed by atoms with Crippen LogP contribution in [-0.4, -0.2) is 36.6 Å². The summed E-state index contributed by atoms with van der Waals surface area (Å²) < 4.78 is 11.7. The summed E-state index contributed by atoms with van der Waals surface area (Å²) in [5, 5.41) is 0. The second kappa shape index (κ2) is 5.35. The number of hydrogen-bond acceptors (Lipinski definition) is 3. The molecule has 20 heavy (non-hydrogen) atoms. The van der Waals surface area contributed by atoms with E-state index in [2.05, 4.69) is 0 Å². The topological polar surface area (TPSA) is 38.8 Å². The van der Waals surface area contributed by atoms with Crippen molar-refractivity contribution >= 4 is 5.91 Å². The van der Waals surface area contributed by atoms with Gasteiger partial charge in [0.1, 0.15) is 17.1 Å². The highest BCUT2D eigenvalue weighted by Gasteiger charge is 2.27. The third kappa shape index (κ3) is 3.89. The van der Waals surface area contributed by atoms with E-state index in [1.54, 1.807) is 25.1 Å². The molecule has 4 heteroatoms. The molecule has 0 atom stereocenters. The first-order chi connectivity index (χ1) is 9.26. The van der Waals surface area contributed by atoms with E-state index in [-0.39, 0.29) is 17.6 Å². The SMILES string of the molecule is CN(C)C(=O)c1ccc(OC(C)(C)C)cc1OC1CC1. The molecule has 0 aromatic heterocycles. The molecule has 1 saturated carbocycles. The van der Waals surface area contributed by atoms with Crippen LogP contribution < -0.4 is 9.47 Å². The monoisotopic (exact) mass is 277 g/mol. The minimum atomic E-state index is -0.274. The molecule has 110 valence electrons. The van der Waals surface area contributed by atoms with Gasteiger partial charge >= 0.3 is 0 Å². The average molecular weight is 277 g/mol. The van der Waals surface area contributed by atoms with Crippen LogP contribution in [0, 0.1) is 0 Å². The van der Waals surface area contributed by atoms with Gasteiger partial charge in [-0.2, -0.15) is 0 Å². The van der Waals surface area contributed by atoms with Crippen LogP contribution >= 0.6 is 0 Å². The number of ether oxygens (including phenoxy) is 2. The van der Waals surface area contributed by atoms with Gasteiger partial charge in [-0.25, -0.2) is 0 Å². The summed E-state index contributed by atoms with van der Waals surface area (Å²) in [6, 6.07) is 5.42. The number of carbonyl (C=O) groups is 1. The lowest BCUT2D eigenvalue weighted by Crippen LogP contribution is -2.24. The highest BCUT2D eigenvalue weighted by atomic mass is 16.5. The lowest BCUT2D eigenvalue weighted by atomic mass is 10.1. The number of carbonyl (C=O) groups excluding carboxylic acids is 1. The Labute approximate surface area is 120 Å². The van der Waals surface area contributed by atoms with Gasteiger partial charge in [0.05, 0.1) is 11.7 Å². The van der Waals surface area contributed by atoms with E-state index >= 15 is 0 Å². The quantitative estimate of drug-likeness (QED) is 0.849. The molecule has 0 heterocycles. The Morgan fingerprint density at radius 3 is 2.40 bits per heavy atom. The van der Waals surface area contributed by atoms with Crippen molar-refractivity contribution in [3.63, 3.8) is 0 Å². The first-order valence-corrected chi connectivity index (χ1v) is 6.97. The van der Waals surface area contributed by atoms with Gasteiger partial charge in [-0.1, -0.05) is 0 Å². The Kier molecular flexibility index (Phi) is 3.93. The second-order valence-corrected chi connectivity index (χ2v) is 6.39. The van der Waals surface area contributed by atoms with Crippen molar-refractivity contribution in [2.24, 2.45) is 0 Å². The van der Waals surface area contributed by atoms with Gasteiger partial charge in [0.2, 0.25) is 0 Å². The zero-order valence-electron chi connectivity index (χ0n) is 12.9. The van der Waals surface area contributed by atoms with Crippen LogP contribution in [0.4, 0.5) is 0 Å². The predicted molar refractivity (Wildman–Crippen MR) is 78.5 cm³/mol. The van der Waals surface area contributed by atoms with Gasteiger partial charge in [0.25, 0.3) is 5.91 Å². The third-order valence-electron chi connectivity index (χ3n) is 2.83. The molecule has 0 unspecified atom stereocenters. The number of amides is 1. The molecule has 0 N–H and O–H groups in total. The molecule has 0 aliphatic heterocycles. The number of benzene rings is 1. The number of nitrogens with zero attached hydrogens (tertiary/aromatic N) is 1. The van der Waals surface area contributed by atoms with E-state index in [4.69, 9.17) is 9.47 Å². The largest absolute Gasteiger partial charge is 0.489 e. The number of hydrogen-bond donors (Lipinski definition) is 0. The fourth-order valence-corrected chi connectivity index (χ4v) is 1.80. The highest BCUT2D eigenvalue weighted by molar-refractivity contribution is 5.96. The molecule has 1 aromatic rings. The Morgan fingerprint density at radius 2 is 1.90 bits per heavy atom. The van der Waals surface area contributed by atoms with Crippen molar-refractivity contribution in [2.75, 3.05) is 14.1 Å². The van der Waals surface area contributed by atoms with Gasteiger partial charge in [0, 0.05) is 20.2 Å². The van der Waals surface area contributed by atoms with Crippen LogP contribution in [0.1, 0.15) is 44.0 Å². The summed E-state index contributed by atoms with van der Waals surface area (Å²) >= 11 is 0. The van der Waals surface area contributed by atoms with Gasteiger partial charge in [-0.05, 0) is 45.7 Å². The minimum absolute atomic E-state index is 0.0528. The van der Waals surface area contributed by atoms with Crippen molar-refractivity contribution in [2.45, 2.75) is 45.3 Å². The normalized spacial score (nSPS) is 14.8. The first-order valence-electron chi connectivity index (χ1n) is 6.97.